The summed E-state index contributed by atoms with van der Waals surface area (Å²) in [6.45, 7) is 4.85. The summed E-state index contributed by atoms with van der Waals surface area (Å²) in [6, 6.07) is 8.91. The Balaban J connectivity index is 1.89. The van der Waals surface area contributed by atoms with Gasteiger partial charge in [0.05, 0.1) is 0 Å². The van der Waals surface area contributed by atoms with Crippen LogP contribution in [0.1, 0.15) is 20.0 Å². The van der Waals surface area contributed by atoms with Gasteiger partial charge in [-0.25, -0.2) is 4.79 Å². The number of aromatic nitrogens is 3. The summed E-state index contributed by atoms with van der Waals surface area (Å²) in [5.74, 6) is 1.43. The second-order valence-corrected chi connectivity index (χ2v) is 7.26. The monoisotopic (exact) mass is 354 g/mol. The summed E-state index contributed by atoms with van der Waals surface area (Å²) < 4.78 is 1.92. The minimum Gasteiger partial charge on any atom is -0.325 e. The molecule has 0 spiro atoms. The van der Waals surface area contributed by atoms with E-state index >= 15 is 0 Å². The highest BCUT2D eigenvalue weighted by atomic mass is 16.2. The molecule has 0 bridgehead atoms. The highest BCUT2D eigenvalue weighted by Crippen LogP contribution is 2.42. The van der Waals surface area contributed by atoms with Crippen LogP contribution in [0.2, 0.25) is 0 Å². The first kappa shape index (κ1) is 16.6. The van der Waals surface area contributed by atoms with E-state index in [0.717, 1.165) is 5.56 Å². The summed E-state index contributed by atoms with van der Waals surface area (Å²) in [7, 11) is 3.25. The van der Waals surface area contributed by atoms with E-state index in [9.17, 15) is 9.59 Å². The van der Waals surface area contributed by atoms with E-state index in [1.807, 2.05) is 39.8 Å². The van der Waals surface area contributed by atoms with Gasteiger partial charge in [-0.3, -0.25) is 14.3 Å². The van der Waals surface area contributed by atoms with Gasteiger partial charge in [0.2, 0.25) is 5.95 Å². The van der Waals surface area contributed by atoms with Crippen molar-refractivity contribution in [2.45, 2.75) is 26.1 Å². The molecule has 2 aromatic rings. The van der Waals surface area contributed by atoms with Crippen molar-refractivity contribution < 1.29 is 9.59 Å². The fourth-order valence-corrected chi connectivity index (χ4v) is 3.81. The Morgan fingerprint density at radius 3 is 2.42 bits per heavy atom. The van der Waals surface area contributed by atoms with Crippen molar-refractivity contribution in [1.29, 1.82) is 0 Å². The fraction of sp³-hybridized carbons (Fsp3) is 0.444. The molecule has 26 heavy (non-hydrogen) atoms. The second kappa shape index (κ2) is 5.82. The zero-order valence-electron chi connectivity index (χ0n) is 15.3. The van der Waals surface area contributed by atoms with Gasteiger partial charge in [-0.15, -0.1) is 10.2 Å². The van der Waals surface area contributed by atoms with Crippen LogP contribution in [0.4, 0.5) is 10.7 Å². The first-order valence-electron chi connectivity index (χ1n) is 8.73. The Labute approximate surface area is 152 Å². The standard InChI is InChI=1S/C18H22N6O2/c1-11(2)10-23-13-15(21(3)18(26)22(4)16(13)25)24-14(19-20-17(23)24)12-8-6-5-7-9-12/h5-9,11,13,15H,10H2,1-4H3. The number of benzene rings is 1. The first-order valence-corrected chi connectivity index (χ1v) is 8.73. The number of imide groups is 1. The molecule has 1 fully saturated rings. The van der Waals surface area contributed by atoms with Crippen LogP contribution in [0, 0.1) is 5.92 Å². The van der Waals surface area contributed by atoms with E-state index in [1.165, 1.54) is 11.9 Å². The van der Waals surface area contributed by atoms with Crippen molar-refractivity contribution in [3.05, 3.63) is 30.3 Å². The van der Waals surface area contributed by atoms with E-state index in [-0.39, 0.29) is 11.9 Å². The van der Waals surface area contributed by atoms with Gasteiger partial charge in [0.15, 0.2) is 11.9 Å². The van der Waals surface area contributed by atoms with Gasteiger partial charge in [-0.05, 0) is 5.92 Å². The third-order valence-corrected chi connectivity index (χ3v) is 4.98. The molecule has 2 atom stereocenters. The quantitative estimate of drug-likeness (QED) is 0.840. The lowest BCUT2D eigenvalue weighted by atomic mass is 10.1. The van der Waals surface area contributed by atoms with Gasteiger partial charge in [-0.2, -0.15) is 0 Å². The van der Waals surface area contributed by atoms with Crippen molar-refractivity contribution >= 4 is 17.9 Å². The van der Waals surface area contributed by atoms with Gasteiger partial charge in [0, 0.05) is 26.2 Å². The van der Waals surface area contributed by atoms with Crippen LogP contribution in [0.5, 0.6) is 0 Å². The Hall–Kier alpha value is -2.90. The van der Waals surface area contributed by atoms with E-state index < -0.39 is 12.2 Å². The SMILES string of the molecule is CC(C)CN1c2nnc(-c3ccccc3)n2C2C1C(=O)N(C)C(=O)N2C. The third-order valence-electron chi connectivity index (χ3n) is 4.98. The lowest BCUT2D eigenvalue weighted by molar-refractivity contribution is -0.133. The predicted molar refractivity (Wildman–Crippen MR) is 96.4 cm³/mol. The number of carbonyl (C=O) groups is 2. The minimum absolute atomic E-state index is 0.205. The molecule has 0 saturated carbocycles. The van der Waals surface area contributed by atoms with Gasteiger partial charge in [0.1, 0.15) is 6.17 Å². The molecule has 8 nitrogen and oxygen atoms in total. The van der Waals surface area contributed by atoms with Gasteiger partial charge in [0.25, 0.3) is 5.91 Å². The smallest absolute Gasteiger partial charge is 0.325 e. The van der Waals surface area contributed by atoms with Crippen molar-refractivity contribution in [3.63, 3.8) is 0 Å². The van der Waals surface area contributed by atoms with Crippen LogP contribution in [-0.2, 0) is 4.79 Å². The Morgan fingerprint density at radius 2 is 1.77 bits per heavy atom. The van der Waals surface area contributed by atoms with E-state index in [2.05, 4.69) is 24.0 Å². The highest BCUT2D eigenvalue weighted by Gasteiger charge is 2.54. The van der Waals surface area contributed by atoms with E-state index in [4.69, 9.17) is 0 Å². The Bertz CT molecular complexity index is 862. The minimum atomic E-state index is -0.488. The summed E-state index contributed by atoms with van der Waals surface area (Å²) in [6.07, 6.45) is -0.454. The molecule has 2 unspecified atom stereocenters. The molecule has 1 saturated heterocycles. The number of rotatable bonds is 3. The maximum absolute atomic E-state index is 12.9. The average molecular weight is 354 g/mol. The predicted octanol–water partition coefficient (Wildman–Crippen LogP) is 1.81. The average Bonchev–Trinajstić information content (AvgIpc) is 3.18. The van der Waals surface area contributed by atoms with Crippen molar-refractivity contribution in [2.75, 3.05) is 25.5 Å². The second-order valence-electron chi connectivity index (χ2n) is 7.26. The summed E-state index contributed by atoms with van der Waals surface area (Å²) in [5.41, 5.74) is 0.906. The highest BCUT2D eigenvalue weighted by molar-refractivity contribution is 6.02. The normalized spacial score (nSPS) is 22.3. The molecular weight excluding hydrogens is 332 g/mol. The molecule has 0 radical (unpaired) electrons. The summed E-state index contributed by atoms with van der Waals surface area (Å²) in [4.78, 5) is 30.3. The fourth-order valence-electron chi connectivity index (χ4n) is 3.81. The van der Waals surface area contributed by atoms with Crippen molar-refractivity contribution in [1.82, 2.24) is 24.6 Å². The third kappa shape index (κ3) is 2.21. The zero-order valence-corrected chi connectivity index (χ0v) is 15.3. The maximum Gasteiger partial charge on any atom is 0.327 e. The number of urea groups is 1. The summed E-state index contributed by atoms with van der Waals surface area (Å²) in [5, 5.41) is 8.75. The number of anilines is 1. The molecule has 1 aromatic carbocycles. The number of carbonyl (C=O) groups excluding carboxylic acids is 2. The zero-order chi connectivity index (χ0) is 18.6. The molecule has 3 amide bonds. The number of fused-ring (bicyclic) bond motifs is 3. The van der Waals surface area contributed by atoms with Gasteiger partial charge in [-0.1, -0.05) is 44.2 Å². The van der Waals surface area contributed by atoms with Crippen LogP contribution in [-0.4, -0.2) is 63.2 Å². The largest absolute Gasteiger partial charge is 0.327 e. The number of nitrogens with zero attached hydrogens (tertiary/aromatic N) is 6. The van der Waals surface area contributed by atoms with E-state index in [0.29, 0.717) is 24.2 Å². The number of amides is 3. The molecule has 0 aliphatic carbocycles. The number of likely N-dealkylation sites (N-methyl/N-ethyl adjacent to an activating group) is 2. The molecule has 2 aliphatic rings. The molecule has 0 N–H and O–H groups in total. The van der Waals surface area contributed by atoms with Crippen LogP contribution in [0.25, 0.3) is 11.4 Å². The molecule has 136 valence electrons. The molecule has 4 rings (SSSR count). The van der Waals surface area contributed by atoms with Crippen LogP contribution in [0.3, 0.4) is 0 Å². The maximum atomic E-state index is 12.9. The van der Waals surface area contributed by atoms with Crippen molar-refractivity contribution in [3.8, 4) is 11.4 Å². The van der Waals surface area contributed by atoms with E-state index in [1.54, 1.807) is 11.9 Å². The Kier molecular flexibility index (Phi) is 3.71. The molecule has 3 heterocycles. The van der Waals surface area contributed by atoms with Gasteiger partial charge < -0.3 is 9.80 Å². The lowest BCUT2D eigenvalue weighted by Gasteiger charge is -2.41. The number of hydrogen-bond donors (Lipinski definition) is 0. The Morgan fingerprint density at radius 1 is 1.08 bits per heavy atom. The summed E-state index contributed by atoms with van der Waals surface area (Å²) >= 11 is 0. The lowest BCUT2D eigenvalue weighted by Crippen LogP contribution is -2.61. The van der Waals surface area contributed by atoms with Crippen LogP contribution < -0.4 is 4.90 Å². The van der Waals surface area contributed by atoms with Crippen molar-refractivity contribution in [2.24, 2.45) is 5.92 Å². The molecule has 2 aliphatic heterocycles. The molecule has 8 heteroatoms. The molecular formula is C18H22N6O2. The number of hydrogen-bond acceptors (Lipinski definition) is 5. The van der Waals surface area contributed by atoms with Gasteiger partial charge >= 0.3 is 6.03 Å². The molecule has 1 aromatic heterocycles. The topological polar surface area (TPSA) is 74.6 Å². The van der Waals surface area contributed by atoms with Crippen LogP contribution in [0.15, 0.2) is 30.3 Å². The van der Waals surface area contributed by atoms with Crippen LogP contribution >= 0.6 is 0 Å². The first-order chi connectivity index (χ1) is 12.4.